The molecular formula is C17H27FN2O. The van der Waals surface area contributed by atoms with E-state index in [2.05, 4.69) is 24.2 Å². The van der Waals surface area contributed by atoms with Crippen molar-refractivity contribution >= 4 is 0 Å². The molecule has 118 valence electrons. The lowest BCUT2D eigenvalue weighted by molar-refractivity contribution is 0.0995. The molecule has 0 bridgehead atoms. The molecule has 1 aliphatic heterocycles. The lowest BCUT2D eigenvalue weighted by Crippen LogP contribution is -2.26. The van der Waals surface area contributed by atoms with Crippen LogP contribution in [0.1, 0.15) is 37.3 Å². The number of ether oxygens (including phenoxy) is 1. The van der Waals surface area contributed by atoms with Crippen molar-refractivity contribution in [1.82, 2.24) is 10.2 Å². The molecule has 0 saturated carbocycles. The predicted octanol–water partition coefficient (Wildman–Crippen LogP) is 2.94. The summed E-state index contributed by atoms with van der Waals surface area (Å²) >= 11 is 0. The van der Waals surface area contributed by atoms with Gasteiger partial charge in [0, 0.05) is 24.8 Å². The Hall–Kier alpha value is -0.970. The fraction of sp³-hybridized carbons (Fsp3) is 0.647. The molecule has 1 atom stereocenters. The minimum absolute atomic E-state index is 0.173. The second-order valence-electron chi connectivity index (χ2n) is 5.82. The Morgan fingerprint density at radius 3 is 3.00 bits per heavy atom. The third-order valence-electron chi connectivity index (χ3n) is 4.21. The van der Waals surface area contributed by atoms with Crippen LogP contribution in [0.25, 0.3) is 0 Å². The number of hydrogen-bond acceptors (Lipinski definition) is 3. The highest BCUT2D eigenvalue weighted by Gasteiger charge is 2.20. The van der Waals surface area contributed by atoms with Crippen LogP contribution in [0.15, 0.2) is 18.2 Å². The van der Waals surface area contributed by atoms with Crippen molar-refractivity contribution in [2.24, 2.45) is 0 Å². The van der Waals surface area contributed by atoms with Crippen molar-refractivity contribution in [2.75, 3.05) is 26.7 Å². The first-order valence-electron chi connectivity index (χ1n) is 7.96. The Bertz CT molecular complexity index is 439. The molecule has 1 aromatic rings. The summed E-state index contributed by atoms with van der Waals surface area (Å²) in [6.07, 6.45) is 3.57. The summed E-state index contributed by atoms with van der Waals surface area (Å²) in [5.41, 5.74) is 1.76. The number of nitrogens with one attached hydrogen (secondary N) is 1. The third-order valence-corrected chi connectivity index (χ3v) is 4.21. The Labute approximate surface area is 127 Å². The van der Waals surface area contributed by atoms with Crippen molar-refractivity contribution in [3.05, 3.63) is 35.1 Å². The van der Waals surface area contributed by atoms with Crippen LogP contribution in [0.3, 0.4) is 0 Å². The standard InChI is InChI=1S/C17H27FN2O/c1-3-19-12-14-6-7-17(18)15(11-14)13-21-10-8-16-5-4-9-20(16)2/h6-7,11,16,19H,3-5,8-10,12-13H2,1-2H3. The topological polar surface area (TPSA) is 24.5 Å². The van der Waals surface area contributed by atoms with E-state index in [9.17, 15) is 4.39 Å². The fourth-order valence-corrected chi connectivity index (χ4v) is 2.86. The quantitative estimate of drug-likeness (QED) is 0.746. The van der Waals surface area contributed by atoms with Crippen molar-refractivity contribution < 1.29 is 9.13 Å². The maximum atomic E-state index is 13.8. The van der Waals surface area contributed by atoms with Crippen LogP contribution in [-0.4, -0.2) is 37.7 Å². The van der Waals surface area contributed by atoms with Gasteiger partial charge < -0.3 is 15.0 Å². The molecule has 1 aliphatic rings. The zero-order valence-electron chi connectivity index (χ0n) is 13.2. The highest BCUT2D eigenvalue weighted by atomic mass is 19.1. The maximum Gasteiger partial charge on any atom is 0.128 e. The van der Waals surface area contributed by atoms with Crippen LogP contribution in [0.5, 0.6) is 0 Å². The first kappa shape index (κ1) is 16.4. The first-order valence-corrected chi connectivity index (χ1v) is 7.96. The molecule has 0 aliphatic carbocycles. The Morgan fingerprint density at radius 1 is 1.43 bits per heavy atom. The molecule has 0 spiro atoms. The number of halogens is 1. The summed E-state index contributed by atoms with van der Waals surface area (Å²) in [6, 6.07) is 5.90. The predicted molar refractivity (Wildman–Crippen MR) is 83.7 cm³/mol. The van der Waals surface area contributed by atoms with Crippen molar-refractivity contribution in [3.63, 3.8) is 0 Å². The van der Waals surface area contributed by atoms with E-state index in [4.69, 9.17) is 4.74 Å². The molecule has 0 amide bonds. The van der Waals surface area contributed by atoms with Gasteiger partial charge in [0.05, 0.1) is 6.61 Å². The Balaban J connectivity index is 1.76. The van der Waals surface area contributed by atoms with E-state index in [1.165, 1.54) is 25.5 Å². The first-order chi connectivity index (χ1) is 10.2. The summed E-state index contributed by atoms with van der Waals surface area (Å²) in [4.78, 5) is 2.39. The monoisotopic (exact) mass is 294 g/mol. The van der Waals surface area contributed by atoms with Crippen LogP contribution in [-0.2, 0) is 17.9 Å². The number of benzene rings is 1. The summed E-state index contributed by atoms with van der Waals surface area (Å²) in [5, 5.41) is 3.25. The smallest absolute Gasteiger partial charge is 0.128 e. The lowest BCUT2D eigenvalue weighted by Gasteiger charge is -2.19. The van der Waals surface area contributed by atoms with Crippen LogP contribution in [0, 0.1) is 5.82 Å². The molecule has 0 radical (unpaired) electrons. The van der Waals surface area contributed by atoms with Crippen LogP contribution in [0.2, 0.25) is 0 Å². The Morgan fingerprint density at radius 2 is 2.29 bits per heavy atom. The van der Waals surface area contributed by atoms with Gasteiger partial charge in [-0.1, -0.05) is 13.0 Å². The highest BCUT2D eigenvalue weighted by molar-refractivity contribution is 5.24. The van der Waals surface area contributed by atoms with Crippen molar-refractivity contribution in [3.8, 4) is 0 Å². The van der Waals surface area contributed by atoms with Crippen molar-refractivity contribution in [1.29, 1.82) is 0 Å². The average molecular weight is 294 g/mol. The molecular weight excluding hydrogens is 267 g/mol. The molecule has 1 aromatic carbocycles. The minimum atomic E-state index is -0.173. The van der Waals surface area contributed by atoms with Crippen LogP contribution in [0.4, 0.5) is 4.39 Å². The summed E-state index contributed by atoms with van der Waals surface area (Å²) in [6.45, 7) is 6.00. The zero-order valence-corrected chi connectivity index (χ0v) is 13.2. The van der Waals surface area contributed by atoms with Gasteiger partial charge in [0.1, 0.15) is 5.82 Å². The van der Waals surface area contributed by atoms with Gasteiger partial charge in [0.25, 0.3) is 0 Å². The van der Waals surface area contributed by atoms with Crippen LogP contribution >= 0.6 is 0 Å². The second kappa shape index (κ2) is 8.47. The number of nitrogens with zero attached hydrogens (tertiary/aromatic N) is 1. The van der Waals surface area contributed by atoms with E-state index in [1.807, 2.05) is 12.1 Å². The van der Waals surface area contributed by atoms with Crippen molar-refractivity contribution in [2.45, 2.75) is 45.4 Å². The largest absolute Gasteiger partial charge is 0.377 e. The van der Waals surface area contributed by atoms with Crippen LogP contribution < -0.4 is 5.32 Å². The van der Waals surface area contributed by atoms with E-state index >= 15 is 0 Å². The Kier molecular flexibility index (Phi) is 6.61. The number of likely N-dealkylation sites (tertiary alicyclic amines) is 1. The SMILES string of the molecule is CCNCc1ccc(F)c(COCCC2CCCN2C)c1. The normalized spacial score (nSPS) is 19.3. The summed E-state index contributed by atoms with van der Waals surface area (Å²) in [7, 11) is 2.17. The zero-order chi connectivity index (χ0) is 15.1. The van der Waals surface area contributed by atoms with Gasteiger partial charge in [0.15, 0.2) is 0 Å². The molecule has 1 fully saturated rings. The summed E-state index contributed by atoms with van der Waals surface area (Å²) < 4.78 is 19.5. The van der Waals surface area contributed by atoms with Gasteiger partial charge in [0.2, 0.25) is 0 Å². The van der Waals surface area contributed by atoms with Gasteiger partial charge in [-0.2, -0.15) is 0 Å². The van der Waals surface area contributed by atoms with E-state index in [1.54, 1.807) is 0 Å². The van der Waals surface area contributed by atoms with Gasteiger partial charge in [-0.15, -0.1) is 0 Å². The molecule has 1 saturated heterocycles. The van der Waals surface area contributed by atoms with E-state index in [0.717, 1.165) is 25.1 Å². The molecule has 1 heterocycles. The summed E-state index contributed by atoms with van der Waals surface area (Å²) in [5.74, 6) is -0.173. The van der Waals surface area contributed by atoms with Gasteiger partial charge in [-0.05, 0) is 57.1 Å². The van der Waals surface area contributed by atoms with Gasteiger partial charge >= 0.3 is 0 Å². The van der Waals surface area contributed by atoms with Gasteiger partial charge in [-0.25, -0.2) is 4.39 Å². The second-order valence-corrected chi connectivity index (χ2v) is 5.82. The maximum absolute atomic E-state index is 13.8. The molecule has 3 nitrogen and oxygen atoms in total. The fourth-order valence-electron chi connectivity index (χ4n) is 2.86. The van der Waals surface area contributed by atoms with E-state index in [-0.39, 0.29) is 5.82 Å². The highest BCUT2D eigenvalue weighted by Crippen LogP contribution is 2.18. The molecule has 21 heavy (non-hydrogen) atoms. The van der Waals surface area contributed by atoms with E-state index in [0.29, 0.717) is 24.8 Å². The molecule has 0 aromatic heterocycles. The third kappa shape index (κ3) is 5.06. The number of hydrogen-bond donors (Lipinski definition) is 1. The molecule has 1 N–H and O–H groups in total. The molecule has 4 heteroatoms. The average Bonchev–Trinajstić information content (AvgIpc) is 2.89. The van der Waals surface area contributed by atoms with Gasteiger partial charge in [-0.3, -0.25) is 0 Å². The lowest BCUT2D eigenvalue weighted by atomic mass is 10.1. The minimum Gasteiger partial charge on any atom is -0.377 e. The number of rotatable bonds is 8. The van der Waals surface area contributed by atoms with E-state index < -0.39 is 0 Å². The molecule has 2 rings (SSSR count). The molecule has 1 unspecified atom stereocenters.